The molecule has 60 valence electrons. The van der Waals surface area contributed by atoms with Crippen molar-refractivity contribution in [2.45, 2.75) is 24.9 Å². The van der Waals surface area contributed by atoms with E-state index in [2.05, 4.69) is 0 Å². The maximum Gasteiger partial charge on any atom is 0.149 e. The topological polar surface area (TPSA) is 23.9 Å². The van der Waals surface area contributed by atoms with Gasteiger partial charge in [0.2, 0.25) is 0 Å². The SMILES string of the molecule is CC(F)SC(=N)SC(C)F. The van der Waals surface area contributed by atoms with Gasteiger partial charge in [-0.15, -0.1) is 0 Å². The Bertz CT molecular complexity index is 104. The molecule has 0 fully saturated rings. The molecular weight excluding hydrogens is 176 g/mol. The molecule has 0 rings (SSSR count). The van der Waals surface area contributed by atoms with Crippen LogP contribution < -0.4 is 0 Å². The van der Waals surface area contributed by atoms with Gasteiger partial charge >= 0.3 is 0 Å². The second-order valence-electron chi connectivity index (χ2n) is 1.61. The first-order valence-corrected chi connectivity index (χ1v) is 4.48. The molecule has 0 aromatic carbocycles. The molecule has 5 heteroatoms. The lowest BCUT2D eigenvalue weighted by atomic mass is 10.9. The predicted octanol–water partition coefficient (Wildman–Crippen LogP) is 3.02. The molecule has 0 heterocycles. The molecule has 0 aliphatic rings. The summed E-state index contributed by atoms with van der Waals surface area (Å²) in [6.07, 6.45) is 0. The Balaban J connectivity index is 3.44. The van der Waals surface area contributed by atoms with E-state index in [-0.39, 0.29) is 4.38 Å². The number of hydrogen-bond acceptors (Lipinski definition) is 3. The van der Waals surface area contributed by atoms with Gasteiger partial charge in [-0.25, -0.2) is 8.78 Å². The van der Waals surface area contributed by atoms with Crippen LogP contribution in [0.25, 0.3) is 0 Å². The molecule has 0 spiro atoms. The van der Waals surface area contributed by atoms with Crippen molar-refractivity contribution in [3.05, 3.63) is 0 Å². The van der Waals surface area contributed by atoms with Gasteiger partial charge in [0.15, 0.2) is 0 Å². The van der Waals surface area contributed by atoms with Crippen molar-refractivity contribution < 1.29 is 8.78 Å². The summed E-state index contributed by atoms with van der Waals surface area (Å²) in [6.45, 7) is 2.64. The fraction of sp³-hybridized carbons (Fsp3) is 0.800. The van der Waals surface area contributed by atoms with E-state index in [1.165, 1.54) is 13.8 Å². The van der Waals surface area contributed by atoms with E-state index in [1.807, 2.05) is 0 Å². The summed E-state index contributed by atoms with van der Waals surface area (Å²) >= 11 is 1.44. The zero-order valence-corrected chi connectivity index (χ0v) is 7.36. The molecule has 2 atom stereocenters. The second-order valence-corrected chi connectivity index (χ2v) is 4.45. The Labute approximate surface area is 67.5 Å². The highest BCUT2D eigenvalue weighted by Gasteiger charge is 2.08. The monoisotopic (exact) mass is 185 g/mol. The van der Waals surface area contributed by atoms with Crippen LogP contribution in [0.4, 0.5) is 8.78 Å². The van der Waals surface area contributed by atoms with E-state index in [9.17, 15) is 8.78 Å². The van der Waals surface area contributed by atoms with E-state index in [0.717, 1.165) is 23.5 Å². The van der Waals surface area contributed by atoms with E-state index in [1.54, 1.807) is 0 Å². The molecule has 0 aromatic rings. The van der Waals surface area contributed by atoms with Gasteiger partial charge in [-0.2, -0.15) is 0 Å². The van der Waals surface area contributed by atoms with E-state index in [4.69, 9.17) is 5.41 Å². The van der Waals surface area contributed by atoms with E-state index in [0.29, 0.717) is 0 Å². The summed E-state index contributed by atoms with van der Waals surface area (Å²) in [7, 11) is 0. The molecule has 2 unspecified atom stereocenters. The van der Waals surface area contributed by atoms with Crippen molar-refractivity contribution in [2.24, 2.45) is 0 Å². The predicted molar refractivity (Wildman–Crippen MR) is 44.0 cm³/mol. The first-order valence-electron chi connectivity index (χ1n) is 2.72. The standard InChI is InChI=1S/C5H9F2NS2/c1-3(6)9-5(8)10-4(2)7/h3-4,8H,1-2H3. The van der Waals surface area contributed by atoms with Crippen molar-refractivity contribution in [3.8, 4) is 0 Å². The Morgan fingerprint density at radius 3 is 1.70 bits per heavy atom. The molecule has 0 bridgehead atoms. The maximum absolute atomic E-state index is 12.1. The van der Waals surface area contributed by atoms with Crippen LogP contribution in [-0.4, -0.2) is 15.4 Å². The Morgan fingerprint density at radius 2 is 1.50 bits per heavy atom. The van der Waals surface area contributed by atoms with Crippen LogP contribution in [0.15, 0.2) is 0 Å². The van der Waals surface area contributed by atoms with Gasteiger partial charge < -0.3 is 0 Å². The average molecular weight is 185 g/mol. The molecule has 1 N–H and O–H groups in total. The molecule has 0 aliphatic carbocycles. The number of hydrogen-bond donors (Lipinski definition) is 1. The summed E-state index contributed by atoms with van der Waals surface area (Å²) in [5, 5.41) is 7.00. The Morgan fingerprint density at radius 1 is 1.20 bits per heavy atom. The van der Waals surface area contributed by atoms with Gasteiger partial charge in [0.05, 0.1) is 0 Å². The zero-order valence-electron chi connectivity index (χ0n) is 5.73. The largest absolute Gasteiger partial charge is 0.288 e. The van der Waals surface area contributed by atoms with E-state index >= 15 is 0 Å². The van der Waals surface area contributed by atoms with Crippen LogP contribution in [0.3, 0.4) is 0 Å². The summed E-state index contributed by atoms with van der Waals surface area (Å²) in [5.74, 6) is 0. The molecule has 0 saturated carbocycles. The second kappa shape index (κ2) is 4.96. The lowest BCUT2D eigenvalue weighted by Gasteiger charge is -2.03. The average Bonchev–Trinajstić information content (AvgIpc) is 1.58. The summed E-state index contributed by atoms with van der Waals surface area (Å²) in [6, 6.07) is 0. The number of halogens is 2. The molecule has 10 heavy (non-hydrogen) atoms. The minimum atomic E-state index is -1.13. The van der Waals surface area contributed by atoms with Gasteiger partial charge in [0.1, 0.15) is 15.4 Å². The highest BCUT2D eigenvalue weighted by Crippen LogP contribution is 2.24. The first kappa shape index (κ1) is 10.2. The highest BCUT2D eigenvalue weighted by molar-refractivity contribution is 8.39. The molecule has 0 saturated heterocycles. The van der Waals surface area contributed by atoms with Gasteiger partial charge in [-0.05, 0) is 13.8 Å². The van der Waals surface area contributed by atoms with Crippen molar-refractivity contribution in [1.29, 1.82) is 5.41 Å². The summed E-state index contributed by atoms with van der Waals surface area (Å²) in [4.78, 5) is 0. The molecule has 1 nitrogen and oxygen atoms in total. The van der Waals surface area contributed by atoms with Crippen molar-refractivity contribution >= 4 is 27.9 Å². The summed E-state index contributed by atoms with van der Waals surface area (Å²) < 4.78 is 24.2. The lowest BCUT2D eigenvalue weighted by molar-refractivity contribution is 0.484. The molecule has 0 aliphatic heterocycles. The minimum absolute atomic E-state index is 0.00926. The highest BCUT2D eigenvalue weighted by atomic mass is 32.2. The van der Waals surface area contributed by atoms with Gasteiger partial charge in [0.25, 0.3) is 0 Å². The van der Waals surface area contributed by atoms with Crippen LogP contribution in [0.2, 0.25) is 0 Å². The smallest absolute Gasteiger partial charge is 0.149 e. The Hall–Kier alpha value is 0.230. The third kappa shape index (κ3) is 6.35. The van der Waals surface area contributed by atoms with Crippen LogP contribution in [0.5, 0.6) is 0 Å². The lowest BCUT2D eigenvalue weighted by Crippen LogP contribution is -1.95. The normalized spacial score (nSPS) is 16.4. The number of nitrogens with one attached hydrogen (secondary N) is 1. The van der Waals surface area contributed by atoms with Gasteiger partial charge in [-0.3, -0.25) is 5.41 Å². The fourth-order valence-electron chi connectivity index (χ4n) is 0.323. The van der Waals surface area contributed by atoms with Crippen LogP contribution in [0, 0.1) is 5.41 Å². The van der Waals surface area contributed by atoms with Crippen LogP contribution >= 0.6 is 23.5 Å². The number of rotatable bonds is 2. The van der Waals surface area contributed by atoms with Crippen molar-refractivity contribution in [3.63, 3.8) is 0 Å². The van der Waals surface area contributed by atoms with Crippen molar-refractivity contribution in [1.82, 2.24) is 0 Å². The van der Waals surface area contributed by atoms with Crippen molar-refractivity contribution in [2.75, 3.05) is 0 Å². The molecular formula is C5H9F2NS2. The third-order valence-electron chi connectivity index (χ3n) is 0.539. The van der Waals surface area contributed by atoms with E-state index < -0.39 is 11.0 Å². The quantitative estimate of drug-likeness (QED) is 0.528. The fourth-order valence-corrected chi connectivity index (χ4v) is 1.93. The van der Waals surface area contributed by atoms with Crippen LogP contribution in [-0.2, 0) is 0 Å². The zero-order chi connectivity index (χ0) is 8.15. The molecule has 0 amide bonds. The van der Waals surface area contributed by atoms with Crippen LogP contribution in [0.1, 0.15) is 13.8 Å². The molecule has 0 aromatic heterocycles. The molecule has 0 radical (unpaired) electrons. The first-order chi connectivity index (χ1) is 4.52. The number of alkyl halides is 2. The summed E-state index contributed by atoms with van der Waals surface area (Å²) in [5.41, 5.74) is -2.25. The van der Waals surface area contributed by atoms with Gasteiger partial charge in [0, 0.05) is 0 Å². The Kier molecular flexibility index (Phi) is 5.07. The third-order valence-corrected chi connectivity index (χ3v) is 2.19. The number of thioether (sulfide) groups is 2. The maximum atomic E-state index is 12.1. The minimum Gasteiger partial charge on any atom is -0.288 e. The van der Waals surface area contributed by atoms with Gasteiger partial charge in [-0.1, -0.05) is 23.5 Å².